The van der Waals surface area contributed by atoms with Crippen LogP contribution in [0.3, 0.4) is 0 Å². The van der Waals surface area contributed by atoms with Gasteiger partial charge in [-0.15, -0.1) is 10.2 Å². The standard InChI is InChI=1S/C11H10ClN5.CH4O3S/c1-2-9-15-16-11-10(13)14-7-5-6(12)3-4-8(7)17(9)11;1-5(2,3)4/h3-5H,2H2,1H3,(H2,13,14);1H3,(H,2,3,4). The summed E-state index contributed by atoms with van der Waals surface area (Å²) in [6.45, 7) is 2.02. The Labute approximate surface area is 131 Å². The van der Waals surface area contributed by atoms with Crippen LogP contribution in [0.5, 0.6) is 0 Å². The van der Waals surface area contributed by atoms with E-state index in [0.29, 0.717) is 22.7 Å². The SMILES string of the molecule is CCc1nnc2c(N)nc3cc(Cl)ccc3n12.CS(=O)(=O)O. The van der Waals surface area contributed by atoms with Gasteiger partial charge in [-0.2, -0.15) is 8.42 Å². The number of fused-ring (bicyclic) bond motifs is 3. The molecule has 0 aliphatic rings. The molecule has 0 aliphatic heterocycles. The van der Waals surface area contributed by atoms with Crippen molar-refractivity contribution in [2.45, 2.75) is 13.3 Å². The number of benzene rings is 1. The molecule has 0 radical (unpaired) electrons. The maximum Gasteiger partial charge on any atom is 0.261 e. The average Bonchev–Trinajstić information content (AvgIpc) is 2.81. The molecule has 0 saturated carbocycles. The van der Waals surface area contributed by atoms with E-state index in [2.05, 4.69) is 15.2 Å². The predicted molar refractivity (Wildman–Crippen MR) is 84.6 cm³/mol. The molecule has 1 aromatic carbocycles. The van der Waals surface area contributed by atoms with Crippen molar-refractivity contribution in [1.29, 1.82) is 0 Å². The first-order valence-corrected chi connectivity index (χ1v) is 8.44. The molecule has 2 aromatic heterocycles. The van der Waals surface area contributed by atoms with Gasteiger partial charge in [0.15, 0.2) is 5.82 Å². The second kappa shape index (κ2) is 6.03. The fraction of sp³-hybridized carbons (Fsp3) is 0.250. The first-order valence-electron chi connectivity index (χ1n) is 6.22. The van der Waals surface area contributed by atoms with E-state index in [-0.39, 0.29) is 0 Å². The van der Waals surface area contributed by atoms with Crippen LogP contribution >= 0.6 is 11.6 Å². The number of nitrogens with zero attached hydrogens (tertiary/aromatic N) is 4. The fourth-order valence-electron chi connectivity index (χ4n) is 1.92. The normalized spacial score (nSPS) is 11.5. The Morgan fingerprint density at radius 3 is 2.59 bits per heavy atom. The lowest BCUT2D eigenvalue weighted by atomic mass is 10.3. The highest BCUT2D eigenvalue weighted by Crippen LogP contribution is 2.22. The minimum atomic E-state index is -3.67. The van der Waals surface area contributed by atoms with E-state index in [4.69, 9.17) is 21.9 Å². The zero-order chi connectivity index (χ0) is 16.5. The van der Waals surface area contributed by atoms with Gasteiger partial charge in [0.05, 0.1) is 17.3 Å². The molecule has 0 bridgehead atoms. The molecule has 3 N–H and O–H groups in total. The lowest BCUT2D eigenvalue weighted by Crippen LogP contribution is -2.01. The number of aromatic nitrogens is 4. The van der Waals surface area contributed by atoms with E-state index in [1.807, 2.05) is 23.5 Å². The summed E-state index contributed by atoms with van der Waals surface area (Å²) in [7, 11) is -3.67. The Hall–Kier alpha value is -1.97. The highest BCUT2D eigenvalue weighted by Gasteiger charge is 2.12. The molecule has 0 spiro atoms. The lowest BCUT2D eigenvalue weighted by molar-refractivity contribution is 0.490. The van der Waals surface area contributed by atoms with Gasteiger partial charge < -0.3 is 5.73 Å². The number of rotatable bonds is 1. The molecule has 3 aromatic rings. The summed E-state index contributed by atoms with van der Waals surface area (Å²) in [5, 5.41) is 8.80. The molecule has 0 unspecified atom stereocenters. The molecule has 0 atom stereocenters. The van der Waals surface area contributed by atoms with E-state index >= 15 is 0 Å². The largest absolute Gasteiger partial charge is 0.381 e. The van der Waals surface area contributed by atoms with Crippen LogP contribution in [0, 0.1) is 0 Å². The van der Waals surface area contributed by atoms with Crippen molar-refractivity contribution in [1.82, 2.24) is 19.6 Å². The van der Waals surface area contributed by atoms with E-state index in [0.717, 1.165) is 23.3 Å². The Morgan fingerprint density at radius 1 is 1.36 bits per heavy atom. The van der Waals surface area contributed by atoms with Gasteiger partial charge in [-0.05, 0) is 18.2 Å². The average molecular weight is 344 g/mol. The van der Waals surface area contributed by atoms with Gasteiger partial charge >= 0.3 is 0 Å². The minimum absolute atomic E-state index is 0.368. The molecule has 0 amide bonds. The number of aryl methyl sites for hydroxylation is 1. The van der Waals surface area contributed by atoms with Gasteiger partial charge in [-0.1, -0.05) is 18.5 Å². The summed E-state index contributed by atoms with van der Waals surface area (Å²) in [5.41, 5.74) is 8.12. The summed E-state index contributed by atoms with van der Waals surface area (Å²) in [4.78, 5) is 4.28. The summed E-state index contributed by atoms with van der Waals surface area (Å²) in [5.74, 6) is 1.23. The quantitative estimate of drug-likeness (QED) is 0.643. The van der Waals surface area contributed by atoms with Gasteiger partial charge in [0.1, 0.15) is 5.82 Å². The molecule has 0 saturated heterocycles. The van der Waals surface area contributed by atoms with E-state index in [9.17, 15) is 8.42 Å². The second-order valence-electron chi connectivity index (χ2n) is 4.49. The summed E-state index contributed by atoms with van der Waals surface area (Å²) in [6, 6.07) is 5.51. The monoisotopic (exact) mass is 343 g/mol. The zero-order valence-electron chi connectivity index (χ0n) is 11.9. The Morgan fingerprint density at radius 2 is 2.00 bits per heavy atom. The molecule has 3 rings (SSSR count). The molecule has 118 valence electrons. The van der Waals surface area contributed by atoms with Crippen molar-refractivity contribution in [3.8, 4) is 0 Å². The fourth-order valence-corrected chi connectivity index (χ4v) is 2.09. The number of hydrogen-bond acceptors (Lipinski definition) is 6. The Kier molecular flexibility index (Phi) is 4.50. The van der Waals surface area contributed by atoms with Gasteiger partial charge in [0, 0.05) is 11.4 Å². The zero-order valence-corrected chi connectivity index (χ0v) is 13.4. The smallest absolute Gasteiger partial charge is 0.261 e. The van der Waals surface area contributed by atoms with Crippen LogP contribution in [-0.2, 0) is 16.5 Å². The third kappa shape index (κ3) is 3.62. The molecule has 10 heteroatoms. The van der Waals surface area contributed by atoms with E-state index in [1.165, 1.54) is 0 Å². The third-order valence-corrected chi connectivity index (χ3v) is 2.93. The minimum Gasteiger partial charge on any atom is -0.381 e. The van der Waals surface area contributed by atoms with Gasteiger partial charge in [0.2, 0.25) is 5.65 Å². The Bertz CT molecular complexity index is 931. The van der Waals surface area contributed by atoms with Crippen molar-refractivity contribution >= 4 is 44.2 Å². The van der Waals surface area contributed by atoms with Crippen molar-refractivity contribution in [3.63, 3.8) is 0 Å². The van der Waals surface area contributed by atoms with Crippen LogP contribution in [-0.4, -0.2) is 38.8 Å². The van der Waals surface area contributed by atoms with Gasteiger partial charge in [-0.3, -0.25) is 8.95 Å². The van der Waals surface area contributed by atoms with Crippen molar-refractivity contribution in [3.05, 3.63) is 29.0 Å². The summed E-state index contributed by atoms with van der Waals surface area (Å²) >= 11 is 5.95. The third-order valence-electron chi connectivity index (χ3n) is 2.69. The molecular formula is C12H14ClN5O3S. The number of anilines is 1. The first-order chi connectivity index (χ1) is 10.2. The summed E-state index contributed by atoms with van der Waals surface area (Å²) < 4.78 is 27.8. The first kappa shape index (κ1) is 16.4. The van der Waals surface area contributed by atoms with E-state index in [1.54, 1.807) is 6.07 Å². The predicted octanol–water partition coefficient (Wildman–Crippen LogP) is 1.58. The van der Waals surface area contributed by atoms with Crippen LogP contribution in [0.15, 0.2) is 18.2 Å². The Balaban J connectivity index is 0.000000309. The number of halogens is 1. The summed E-state index contributed by atoms with van der Waals surface area (Å²) in [6.07, 6.45) is 1.50. The van der Waals surface area contributed by atoms with Crippen LogP contribution in [0.25, 0.3) is 16.7 Å². The lowest BCUT2D eigenvalue weighted by Gasteiger charge is -2.05. The van der Waals surface area contributed by atoms with Crippen molar-refractivity contribution in [2.24, 2.45) is 0 Å². The molecular weight excluding hydrogens is 330 g/mol. The van der Waals surface area contributed by atoms with Crippen LogP contribution < -0.4 is 5.73 Å². The maximum absolute atomic E-state index is 9.19. The molecule has 8 nitrogen and oxygen atoms in total. The maximum atomic E-state index is 9.19. The van der Waals surface area contributed by atoms with Crippen LogP contribution in [0.1, 0.15) is 12.7 Å². The topological polar surface area (TPSA) is 123 Å². The number of nitrogens with two attached hydrogens (primary N) is 1. The highest BCUT2D eigenvalue weighted by atomic mass is 35.5. The second-order valence-corrected chi connectivity index (χ2v) is 6.39. The number of nitrogen functional groups attached to an aromatic ring is 1. The number of hydrogen-bond donors (Lipinski definition) is 2. The van der Waals surface area contributed by atoms with Crippen LogP contribution in [0.2, 0.25) is 5.02 Å². The molecule has 2 heterocycles. The molecule has 22 heavy (non-hydrogen) atoms. The molecule has 0 fully saturated rings. The molecule has 0 aliphatic carbocycles. The van der Waals surface area contributed by atoms with Crippen molar-refractivity contribution in [2.75, 3.05) is 12.0 Å². The van der Waals surface area contributed by atoms with Crippen LogP contribution in [0.4, 0.5) is 5.82 Å². The van der Waals surface area contributed by atoms with Crippen molar-refractivity contribution < 1.29 is 13.0 Å². The van der Waals surface area contributed by atoms with Gasteiger partial charge in [0.25, 0.3) is 10.1 Å². The van der Waals surface area contributed by atoms with Gasteiger partial charge in [-0.25, -0.2) is 4.98 Å². The highest BCUT2D eigenvalue weighted by molar-refractivity contribution is 7.85. The van der Waals surface area contributed by atoms with E-state index < -0.39 is 10.1 Å².